The van der Waals surface area contributed by atoms with Crippen LogP contribution >= 0.6 is 0 Å². The van der Waals surface area contributed by atoms with Gasteiger partial charge in [0.1, 0.15) is 0 Å². The third-order valence-corrected chi connectivity index (χ3v) is 29.8. The van der Waals surface area contributed by atoms with E-state index in [9.17, 15) is 0 Å². The third kappa shape index (κ3) is 10.7. The fraction of sp³-hybridized carbons (Fsp3) is 0.0154. The molecule has 23 aromatic carbocycles. The van der Waals surface area contributed by atoms with Crippen molar-refractivity contribution in [3.63, 3.8) is 0 Å². The number of nitrogens with zero attached hydrogens (tertiary/aromatic N) is 3. The Labute approximate surface area is 769 Å². The van der Waals surface area contributed by atoms with Crippen molar-refractivity contribution < 1.29 is 0 Å². The molecular weight excluding hydrogens is 1600 g/mol. The quantitative estimate of drug-likeness (QED) is 0.118. The predicted molar refractivity (Wildman–Crippen MR) is 558 cm³/mol. The van der Waals surface area contributed by atoms with Crippen LogP contribution in [0.3, 0.4) is 0 Å². The Morgan fingerprint density at radius 2 is 0.406 bits per heavy atom. The lowest BCUT2D eigenvalue weighted by Gasteiger charge is -2.45. The first-order valence-electron chi connectivity index (χ1n) is 46.2. The van der Waals surface area contributed by atoms with Crippen LogP contribution < -0.4 is 4.90 Å². The minimum Gasteiger partial charge on any atom is -0.310 e. The van der Waals surface area contributed by atoms with Gasteiger partial charge >= 0.3 is 0 Å². The molecule has 0 unspecified atom stereocenters. The number of hydrogen-bond donors (Lipinski definition) is 0. The van der Waals surface area contributed by atoms with Crippen molar-refractivity contribution in [2.45, 2.75) is 10.8 Å². The molecule has 4 aliphatic rings. The number of hydrogen-bond acceptors (Lipinski definition) is 3. The van der Waals surface area contributed by atoms with Gasteiger partial charge in [0.2, 0.25) is 0 Å². The highest BCUT2D eigenvalue weighted by atomic mass is 15.2. The molecule has 2 spiro atoms. The Bertz CT molecular complexity index is 8990. The Morgan fingerprint density at radius 3 is 0.774 bits per heavy atom. The van der Waals surface area contributed by atoms with Crippen LogP contribution in [0.2, 0.25) is 0 Å². The summed E-state index contributed by atoms with van der Waals surface area (Å²) in [6.07, 6.45) is 4.18. The van der Waals surface area contributed by atoms with Crippen molar-refractivity contribution in [1.82, 2.24) is 9.97 Å². The Hall–Kier alpha value is -17.2. The summed E-state index contributed by atoms with van der Waals surface area (Å²) < 4.78 is 0. The highest BCUT2D eigenvalue weighted by molar-refractivity contribution is 6.30. The van der Waals surface area contributed by atoms with Crippen molar-refractivity contribution in [2.75, 3.05) is 4.90 Å². The molecule has 0 radical (unpaired) electrons. The minimum absolute atomic E-state index is 0.388. The van der Waals surface area contributed by atoms with Crippen LogP contribution in [0.15, 0.2) is 480 Å². The summed E-state index contributed by atoms with van der Waals surface area (Å²) in [6.45, 7) is 0. The maximum absolute atomic E-state index is 5.30. The molecule has 3 heterocycles. The van der Waals surface area contributed by atoms with Crippen LogP contribution in [0, 0.1) is 0 Å². The largest absolute Gasteiger partial charge is 0.310 e. The molecule has 0 saturated carbocycles. The summed E-state index contributed by atoms with van der Waals surface area (Å²) in [6, 6.07) is 173. The number of anilines is 3. The molecule has 0 fully saturated rings. The zero-order chi connectivity index (χ0) is 87.1. The van der Waals surface area contributed by atoms with Crippen molar-refractivity contribution in [3.8, 4) is 100 Å². The van der Waals surface area contributed by atoms with Gasteiger partial charge in [-0.1, -0.05) is 406 Å². The topological polar surface area (TPSA) is 29.0 Å². The van der Waals surface area contributed by atoms with Crippen molar-refractivity contribution >= 4 is 125 Å². The summed E-state index contributed by atoms with van der Waals surface area (Å²) in [5.74, 6) is 0. The first kappa shape index (κ1) is 74.8. The van der Waals surface area contributed by atoms with E-state index in [0.29, 0.717) is 0 Å². The van der Waals surface area contributed by atoms with E-state index in [1.165, 1.54) is 230 Å². The van der Waals surface area contributed by atoms with Gasteiger partial charge in [-0.25, -0.2) is 0 Å². The first-order chi connectivity index (χ1) is 66.0. The summed E-state index contributed by atoms with van der Waals surface area (Å²) in [4.78, 5) is 13.0. The number of benzene rings is 23. The molecule has 0 atom stereocenters. The number of pyridine rings is 2. The fourth-order valence-corrected chi connectivity index (χ4v) is 24.4. The second kappa shape index (κ2) is 29.1. The molecule has 25 aromatic rings. The number of rotatable bonds is 7. The van der Waals surface area contributed by atoms with E-state index < -0.39 is 5.41 Å². The summed E-state index contributed by atoms with van der Waals surface area (Å²) in [5.41, 5.74) is 34.7. The summed E-state index contributed by atoms with van der Waals surface area (Å²) in [7, 11) is 0. The normalized spacial score (nSPS) is 13.2. The zero-order valence-electron chi connectivity index (χ0n) is 72.5. The Kier molecular flexibility index (Phi) is 16.4. The molecule has 29 rings (SSSR count). The SMILES string of the molecule is c1ccc(N2c3ccccc3C3(c4ccccc4-c4cc(-c5ccc(-c6c7ccccc7c(-c7ccc8c9ccccc9c9ccccc9c8c7)c7ccccc67)cn5)ccc43)c3ccccc32)cc1.c1ccc2c(c1)-c1ccccc1C21c2ccccc2-c2ccc(-c3ccc(-c4c5ccccc5c(-c5ccc6c7ccccc7c7ccccc7c6c5)c5ccccc45)cn3)cc21. The van der Waals surface area contributed by atoms with Gasteiger partial charge in [0.25, 0.3) is 0 Å². The predicted octanol–water partition coefficient (Wildman–Crippen LogP) is 34.2. The maximum Gasteiger partial charge on any atom is 0.0754 e. The lowest BCUT2D eigenvalue weighted by atomic mass is 9.64. The van der Waals surface area contributed by atoms with Crippen molar-refractivity contribution in [3.05, 3.63) is 524 Å². The molecular formula is C130H79N3. The summed E-state index contributed by atoms with van der Waals surface area (Å²) >= 11 is 0. The van der Waals surface area contributed by atoms with E-state index in [-0.39, 0.29) is 5.41 Å². The van der Waals surface area contributed by atoms with Gasteiger partial charge < -0.3 is 4.90 Å². The highest BCUT2D eigenvalue weighted by Crippen LogP contribution is 2.66. The number of fused-ring (bicyclic) bond motifs is 35. The molecule has 0 N–H and O–H groups in total. The summed E-state index contributed by atoms with van der Waals surface area (Å²) in [5, 5.41) is 25.2. The van der Waals surface area contributed by atoms with Crippen molar-refractivity contribution in [1.29, 1.82) is 0 Å². The molecule has 3 nitrogen and oxygen atoms in total. The van der Waals surface area contributed by atoms with Gasteiger partial charge in [-0.15, -0.1) is 0 Å². The molecule has 3 aliphatic carbocycles. The van der Waals surface area contributed by atoms with E-state index in [0.717, 1.165) is 39.3 Å². The van der Waals surface area contributed by atoms with Crippen LogP contribution in [0.25, 0.3) is 208 Å². The smallest absolute Gasteiger partial charge is 0.0754 e. The van der Waals surface area contributed by atoms with Gasteiger partial charge in [0, 0.05) is 40.3 Å². The van der Waals surface area contributed by atoms with Crippen LogP contribution in [0.5, 0.6) is 0 Å². The number of para-hydroxylation sites is 3. The van der Waals surface area contributed by atoms with Gasteiger partial charge in [-0.05, 0) is 280 Å². The molecule has 0 bridgehead atoms. The molecule has 3 heteroatoms. The van der Waals surface area contributed by atoms with Crippen LogP contribution in [0.1, 0.15) is 44.5 Å². The second-order valence-electron chi connectivity index (χ2n) is 36.2. The monoisotopic (exact) mass is 1680 g/mol. The van der Waals surface area contributed by atoms with E-state index in [1.807, 2.05) is 0 Å². The number of aromatic nitrogens is 2. The van der Waals surface area contributed by atoms with E-state index in [4.69, 9.17) is 9.97 Å². The van der Waals surface area contributed by atoms with Crippen LogP contribution in [-0.2, 0) is 10.8 Å². The average Bonchev–Trinajstić information content (AvgIpc) is 1.50. The van der Waals surface area contributed by atoms with Crippen molar-refractivity contribution in [2.24, 2.45) is 0 Å². The maximum atomic E-state index is 5.30. The van der Waals surface area contributed by atoms with Gasteiger partial charge in [-0.3, -0.25) is 9.97 Å². The van der Waals surface area contributed by atoms with E-state index in [2.05, 4.69) is 484 Å². The molecule has 0 saturated heterocycles. The zero-order valence-corrected chi connectivity index (χ0v) is 72.5. The van der Waals surface area contributed by atoms with E-state index in [1.54, 1.807) is 0 Å². The van der Waals surface area contributed by atoms with E-state index >= 15 is 0 Å². The lowest BCUT2D eigenvalue weighted by molar-refractivity contribution is 0.752. The van der Waals surface area contributed by atoms with Crippen LogP contribution in [0.4, 0.5) is 17.1 Å². The molecule has 133 heavy (non-hydrogen) atoms. The second-order valence-corrected chi connectivity index (χ2v) is 36.2. The lowest BCUT2D eigenvalue weighted by Crippen LogP contribution is -2.36. The minimum atomic E-state index is -0.497. The fourth-order valence-electron chi connectivity index (χ4n) is 24.4. The molecule has 1 aliphatic heterocycles. The van der Waals surface area contributed by atoms with Gasteiger partial charge in [-0.2, -0.15) is 0 Å². The molecule has 614 valence electrons. The third-order valence-electron chi connectivity index (χ3n) is 29.8. The molecule has 0 amide bonds. The van der Waals surface area contributed by atoms with Crippen LogP contribution in [-0.4, -0.2) is 9.97 Å². The Balaban J connectivity index is 0.000000133. The first-order valence-corrected chi connectivity index (χ1v) is 46.2. The van der Waals surface area contributed by atoms with Gasteiger partial charge in [0.15, 0.2) is 0 Å². The average molecular weight is 1680 g/mol. The molecule has 2 aromatic heterocycles. The standard InChI is InChI=1S/C68H42N2.C62H37N/c1-2-18-46(19-3-1)70-64-32-16-14-30-61(64)68(62-31-15-17-33-65(62)70)59-29-13-12-24-52(59)58-40-43(35-38-60(58)68)63-39-36-45(42-69-63)67-55-27-10-8-25-53(55)66(54-26-9-11-28-56(54)67)44-34-37-51-49-22-5-4-20-47(49)48-21-6-7-23-50(48)57(51)41-44;1-2-17-43-41(15-1)42-16-3-4-18-44(42)54-35-39(30-32-45(43)54)60-50-22-5-7-24-52(50)61(53-25-8-6-23-51(53)60)40-31-34-59(63-37-40)38-29-33-49-48-21-11-14-28-57(48)62(58(49)36-38)55-26-12-9-19-46(55)47-20-10-13-27-56(47)62/h1-42H;1-37H. The highest BCUT2D eigenvalue weighted by Gasteiger charge is 2.53. The van der Waals surface area contributed by atoms with Gasteiger partial charge in [0.05, 0.1) is 33.6 Å². The Morgan fingerprint density at radius 1 is 0.150 bits per heavy atom.